The number of aromatic nitrogens is 1. The fourth-order valence-corrected chi connectivity index (χ4v) is 4.80. The van der Waals surface area contributed by atoms with Gasteiger partial charge in [0.2, 0.25) is 0 Å². The van der Waals surface area contributed by atoms with E-state index in [9.17, 15) is 14.5 Å². The van der Waals surface area contributed by atoms with E-state index in [1.165, 1.54) is 6.20 Å². The van der Waals surface area contributed by atoms with Gasteiger partial charge in [0.1, 0.15) is 22.7 Å². The van der Waals surface area contributed by atoms with Crippen molar-refractivity contribution in [3.8, 4) is 16.9 Å². The number of aliphatic carboxylic acids is 1. The highest BCUT2D eigenvalue weighted by molar-refractivity contribution is 7.90. The minimum absolute atomic E-state index is 0.00659. The van der Waals surface area contributed by atoms with Gasteiger partial charge in [-0.15, -0.1) is 4.72 Å². The highest BCUT2D eigenvalue weighted by Crippen LogP contribution is 2.34. The second-order valence-electron chi connectivity index (χ2n) is 10.2. The Bertz CT molecular complexity index is 1480. The predicted octanol–water partition coefficient (Wildman–Crippen LogP) is 6.01. The highest BCUT2D eigenvalue weighted by Gasteiger charge is 2.27. The van der Waals surface area contributed by atoms with E-state index >= 15 is 4.39 Å². The molecule has 4 rings (SSSR count). The number of carbonyl (C=O) groups is 1. The monoisotopic (exact) mass is 538 g/mol. The molecular weight excluding hydrogens is 507 g/mol. The first kappa shape index (κ1) is 27.6. The SMILES string of the molecule is Cc1ccc(CC(=O)O)c(OCc2cc(-c3ccnc(CN[S@@+]([O-])C(C)(C)C)c3F)c3occc3c2)c1C. The first-order valence-corrected chi connectivity index (χ1v) is 13.3. The Morgan fingerprint density at radius 3 is 2.66 bits per heavy atom. The minimum Gasteiger partial charge on any atom is -0.598 e. The number of hydrogen-bond donors (Lipinski definition) is 2. The maximum atomic E-state index is 15.7. The van der Waals surface area contributed by atoms with Crippen LogP contribution in [-0.4, -0.2) is 25.4 Å². The molecule has 0 radical (unpaired) electrons. The van der Waals surface area contributed by atoms with Crippen LogP contribution in [0.1, 0.15) is 48.7 Å². The van der Waals surface area contributed by atoms with E-state index in [-0.39, 0.29) is 25.3 Å². The number of fused-ring (bicyclic) bond motifs is 1. The Morgan fingerprint density at radius 2 is 1.95 bits per heavy atom. The molecule has 0 aliphatic heterocycles. The Labute approximate surface area is 224 Å². The normalized spacial score (nSPS) is 12.6. The van der Waals surface area contributed by atoms with E-state index in [2.05, 4.69) is 9.71 Å². The number of rotatable bonds is 9. The van der Waals surface area contributed by atoms with Crippen molar-refractivity contribution in [2.75, 3.05) is 0 Å². The number of pyridine rings is 1. The van der Waals surface area contributed by atoms with Gasteiger partial charge in [-0.3, -0.25) is 9.78 Å². The van der Waals surface area contributed by atoms with Crippen molar-refractivity contribution in [3.63, 3.8) is 0 Å². The molecule has 0 aliphatic carbocycles. The minimum atomic E-state index is -1.38. The molecule has 0 spiro atoms. The van der Waals surface area contributed by atoms with Crippen molar-refractivity contribution < 1.29 is 28.0 Å². The molecule has 2 aromatic carbocycles. The van der Waals surface area contributed by atoms with Gasteiger partial charge in [0.25, 0.3) is 0 Å². The maximum absolute atomic E-state index is 15.7. The summed E-state index contributed by atoms with van der Waals surface area (Å²) in [6.45, 7) is 9.50. The molecule has 0 saturated carbocycles. The summed E-state index contributed by atoms with van der Waals surface area (Å²) in [7, 11) is 0. The summed E-state index contributed by atoms with van der Waals surface area (Å²) in [6.07, 6.45) is 2.91. The molecular formula is C29H31FN2O5S. The average Bonchev–Trinajstić information content (AvgIpc) is 3.33. The third-order valence-corrected chi connectivity index (χ3v) is 7.79. The lowest BCUT2D eigenvalue weighted by molar-refractivity contribution is -0.136. The van der Waals surface area contributed by atoms with Gasteiger partial charge in [-0.05, 0) is 75.6 Å². The third-order valence-electron chi connectivity index (χ3n) is 6.27. The van der Waals surface area contributed by atoms with Crippen LogP contribution in [0.25, 0.3) is 22.1 Å². The van der Waals surface area contributed by atoms with Crippen LogP contribution in [0.5, 0.6) is 5.75 Å². The first-order chi connectivity index (χ1) is 18.0. The molecule has 0 unspecified atom stereocenters. The van der Waals surface area contributed by atoms with Crippen LogP contribution in [0.15, 0.2) is 53.3 Å². The highest BCUT2D eigenvalue weighted by atomic mass is 32.2. The molecule has 38 heavy (non-hydrogen) atoms. The number of halogens is 1. The van der Waals surface area contributed by atoms with Crippen LogP contribution in [0.2, 0.25) is 0 Å². The number of nitrogens with zero attached hydrogens (tertiary/aromatic N) is 1. The van der Waals surface area contributed by atoms with Crippen LogP contribution in [0.4, 0.5) is 4.39 Å². The molecule has 200 valence electrons. The van der Waals surface area contributed by atoms with Gasteiger partial charge < -0.3 is 18.8 Å². The molecule has 0 bridgehead atoms. The summed E-state index contributed by atoms with van der Waals surface area (Å²) < 4.78 is 42.3. The number of benzene rings is 2. The van der Waals surface area contributed by atoms with Crippen molar-refractivity contribution in [2.45, 2.75) is 58.9 Å². The van der Waals surface area contributed by atoms with E-state index in [0.29, 0.717) is 28.0 Å². The lowest BCUT2D eigenvalue weighted by Crippen LogP contribution is -2.39. The van der Waals surface area contributed by atoms with Gasteiger partial charge in [0, 0.05) is 39.6 Å². The lowest BCUT2D eigenvalue weighted by atomic mass is 10.00. The van der Waals surface area contributed by atoms with Gasteiger partial charge in [-0.1, -0.05) is 12.1 Å². The number of ether oxygens (including phenoxy) is 1. The number of carboxylic acid groups (broad SMARTS) is 1. The zero-order valence-corrected chi connectivity index (χ0v) is 22.9. The topological polar surface area (TPSA) is 108 Å². The summed E-state index contributed by atoms with van der Waals surface area (Å²) in [5.41, 5.74) is 4.74. The summed E-state index contributed by atoms with van der Waals surface area (Å²) >= 11 is -1.38. The Hall–Kier alpha value is -3.40. The molecule has 2 N–H and O–H groups in total. The second-order valence-corrected chi connectivity index (χ2v) is 12.2. The van der Waals surface area contributed by atoms with E-state index < -0.39 is 27.9 Å². The van der Waals surface area contributed by atoms with Crippen molar-refractivity contribution in [1.82, 2.24) is 9.71 Å². The Kier molecular flexibility index (Phi) is 8.10. The van der Waals surface area contributed by atoms with Gasteiger partial charge in [0.15, 0.2) is 5.82 Å². The Balaban J connectivity index is 1.67. The lowest BCUT2D eigenvalue weighted by Gasteiger charge is -2.23. The summed E-state index contributed by atoms with van der Waals surface area (Å²) in [6, 6.07) is 10.7. The number of nitrogens with one attached hydrogen (secondary N) is 1. The Morgan fingerprint density at radius 1 is 1.18 bits per heavy atom. The number of furan rings is 1. The molecule has 1 atom stereocenters. The maximum Gasteiger partial charge on any atom is 0.307 e. The zero-order chi connectivity index (χ0) is 27.6. The standard InChI is InChI=1S/C29H31FN2O5S/c1-17-6-7-20(14-25(33)34)27(18(17)2)37-16-19-12-21-9-11-36-28(21)23(13-19)22-8-10-31-24(26(22)30)15-32-38(35)29(3,4)5/h6-13,32H,14-16H2,1-5H3,(H,33,34)/t38-/m0/s1. The fraction of sp³-hybridized carbons (Fsp3) is 0.310. The van der Waals surface area contributed by atoms with Crippen LogP contribution < -0.4 is 9.46 Å². The van der Waals surface area contributed by atoms with E-state index in [1.807, 2.05) is 46.8 Å². The van der Waals surface area contributed by atoms with Gasteiger partial charge in [-0.2, -0.15) is 0 Å². The van der Waals surface area contributed by atoms with Crippen molar-refractivity contribution in [1.29, 1.82) is 0 Å². The zero-order valence-electron chi connectivity index (χ0n) is 22.1. The molecule has 7 nitrogen and oxygen atoms in total. The summed E-state index contributed by atoms with van der Waals surface area (Å²) in [5, 5.41) is 10.1. The summed E-state index contributed by atoms with van der Waals surface area (Å²) in [4.78, 5) is 15.5. The van der Waals surface area contributed by atoms with E-state index in [0.717, 1.165) is 22.1 Å². The second kappa shape index (κ2) is 11.1. The number of aryl methyl sites for hydroxylation is 1. The molecule has 4 aromatic rings. The van der Waals surface area contributed by atoms with Gasteiger partial charge in [-0.25, -0.2) is 4.39 Å². The molecule has 0 aliphatic rings. The molecule has 2 heterocycles. The third kappa shape index (κ3) is 6.01. The van der Waals surface area contributed by atoms with E-state index in [1.54, 1.807) is 30.5 Å². The smallest absolute Gasteiger partial charge is 0.307 e. The molecule has 2 aromatic heterocycles. The molecule has 0 fully saturated rings. The van der Waals surface area contributed by atoms with Crippen LogP contribution >= 0.6 is 0 Å². The van der Waals surface area contributed by atoms with Crippen molar-refractivity contribution in [2.24, 2.45) is 0 Å². The predicted molar refractivity (Wildman–Crippen MR) is 146 cm³/mol. The van der Waals surface area contributed by atoms with Crippen LogP contribution in [0, 0.1) is 19.7 Å². The van der Waals surface area contributed by atoms with Crippen molar-refractivity contribution >= 4 is 28.3 Å². The molecule has 9 heteroatoms. The quantitative estimate of drug-likeness (QED) is 0.251. The number of carboxylic acids is 1. The molecule has 0 saturated heterocycles. The average molecular weight is 539 g/mol. The van der Waals surface area contributed by atoms with Crippen LogP contribution in [0.3, 0.4) is 0 Å². The van der Waals surface area contributed by atoms with Crippen molar-refractivity contribution in [3.05, 3.63) is 82.6 Å². The van der Waals surface area contributed by atoms with Gasteiger partial charge in [0.05, 0.1) is 24.9 Å². The van der Waals surface area contributed by atoms with E-state index in [4.69, 9.17) is 9.15 Å². The molecule has 0 amide bonds. The van der Waals surface area contributed by atoms with Crippen LogP contribution in [-0.2, 0) is 35.7 Å². The largest absolute Gasteiger partial charge is 0.598 e. The fourth-order valence-electron chi connectivity index (χ4n) is 4.10. The first-order valence-electron chi connectivity index (χ1n) is 12.2. The van der Waals surface area contributed by atoms with Gasteiger partial charge >= 0.3 is 5.97 Å². The number of hydrogen-bond acceptors (Lipinski definition) is 6. The summed E-state index contributed by atoms with van der Waals surface area (Å²) in [5.74, 6) is -0.929.